The van der Waals surface area contributed by atoms with Crippen molar-refractivity contribution in [2.75, 3.05) is 13.2 Å². The van der Waals surface area contributed by atoms with Gasteiger partial charge in [-0.2, -0.15) is 0 Å². The van der Waals surface area contributed by atoms with Gasteiger partial charge < -0.3 is 9.30 Å². The minimum absolute atomic E-state index is 0.192. The van der Waals surface area contributed by atoms with Crippen LogP contribution in [0.5, 0.6) is 0 Å². The summed E-state index contributed by atoms with van der Waals surface area (Å²) in [5, 5.41) is 0. The predicted molar refractivity (Wildman–Crippen MR) is 59.4 cm³/mol. The number of nitrogens with zero attached hydrogens (tertiary/aromatic N) is 2. The van der Waals surface area contributed by atoms with Gasteiger partial charge in [-0.25, -0.2) is 19.2 Å². The van der Waals surface area contributed by atoms with Crippen LogP contribution in [0.2, 0.25) is 0 Å². The Morgan fingerprint density at radius 2 is 2.35 bits per heavy atom. The number of ether oxygens (including phenoxy) is 1. The van der Waals surface area contributed by atoms with Crippen molar-refractivity contribution in [1.29, 1.82) is 0 Å². The maximum atomic E-state index is 11.9. The Morgan fingerprint density at radius 3 is 2.94 bits per heavy atom. The summed E-state index contributed by atoms with van der Waals surface area (Å²) in [5.41, 5.74) is 2.62. The molecule has 0 spiro atoms. The van der Waals surface area contributed by atoms with E-state index in [1.165, 1.54) is 0 Å². The third kappa shape index (κ3) is 4.37. The molecule has 0 radical (unpaired) electrons. The third-order valence-electron chi connectivity index (χ3n) is 2.40. The monoisotopic (exact) mass is 248 g/mol. The first-order valence-electron chi connectivity index (χ1n) is 5.52. The lowest BCUT2D eigenvalue weighted by Gasteiger charge is -2.16. The normalized spacial score (nSPS) is 13.2. The highest BCUT2D eigenvalue weighted by Crippen LogP contribution is 2.14. The number of rotatable bonds is 8. The van der Waals surface area contributed by atoms with Crippen LogP contribution in [0.1, 0.15) is 25.2 Å². The summed E-state index contributed by atoms with van der Waals surface area (Å²) in [4.78, 5) is 4.19. The first-order valence-corrected chi connectivity index (χ1v) is 5.52. The maximum Gasteiger partial charge on any atom is 0.261 e. The van der Waals surface area contributed by atoms with Crippen molar-refractivity contribution < 1.29 is 13.5 Å². The largest absolute Gasteiger partial charge is 0.375 e. The van der Waals surface area contributed by atoms with Crippen LogP contribution in [0.3, 0.4) is 0 Å². The van der Waals surface area contributed by atoms with Crippen molar-refractivity contribution in [3.63, 3.8) is 0 Å². The molecule has 0 aliphatic rings. The molecule has 0 aromatic carbocycles. The molecule has 1 rings (SSSR count). The smallest absolute Gasteiger partial charge is 0.261 e. The van der Waals surface area contributed by atoms with Crippen LogP contribution < -0.4 is 11.3 Å². The van der Waals surface area contributed by atoms with Crippen LogP contribution >= 0.6 is 0 Å². The Balaban J connectivity index is 2.43. The molecule has 1 atom stereocenters. The molecule has 1 unspecified atom stereocenters. The van der Waals surface area contributed by atoms with Gasteiger partial charge in [-0.05, 0) is 13.3 Å². The molecule has 5 nitrogen and oxygen atoms in total. The summed E-state index contributed by atoms with van der Waals surface area (Å²) in [6.07, 6.45) is 1.60. The van der Waals surface area contributed by atoms with E-state index in [0.29, 0.717) is 6.42 Å². The van der Waals surface area contributed by atoms with Gasteiger partial charge in [0.2, 0.25) is 0 Å². The Morgan fingerprint density at radius 1 is 1.59 bits per heavy atom. The van der Waals surface area contributed by atoms with Crippen LogP contribution in [0.15, 0.2) is 12.4 Å². The highest BCUT2D eigenvalue weighted by molar-refractivity contribution is 4.98. The number of aromatic nitrogens is 2. The molecule has 17 heavy (non-hydrogen) atoms. The molecule has 1 aromatic heterocycles. The standard InChI is InChI=1S/C10H18F2N4O/c1-2-16-5-4-14-10(16)8(15-13)3-6-17-7-9(11)12/h4-5,8-9,15H,2-3,6-7,13H2,1H3. The van der Waals surface area contributed by atoms with Crippen molar-refractivity contribution in [2.24, 2.45) is 5.84 Å². The fourth-order valence-corrected chi connectivity index (χ4v) is 1.56. The number of hydrazine groups is 1. The van der Waals surface area contributed by atoms with Crippen molar-refractivity contribution >= 4 is 0 Å². The second-order valence-electron chi connectivity index (χ2n) is 3.55. The van der Waals surface area contributed by atoms with Gasteiger partial charge in [0.15, 0.2) is 0 Å². The molecule has 0 fully saturated rings. The zero-order valence-electron chi connectivity index (χ0n) is 9.77. The van der Waals surface area contributed by atoms with Crippen LogP contribution in [0, 0.1) is 0 Å². The fourth-order valence-electron chi connectivity index (χ4n) is 1.56. The van der Waals surface area contributed by atoms with Crippen molar-refractivity contribution in [1.82, 2.24) is 15.0 Å². The summed E-state index contributed by atoms with van der Waals surface area (Å²) in [6, 6.07) is -0.192. The number of hydrogen-bond acceptors (Lipinski definition) is 4. The van der Waals surface area contributed by atoms with E-state index in [0.717, 1.165) is 12.4 Å². The van der Waals surface area contributed by atoms with Crippen LogP contribution in [0.4, 0.5) is 8.78 Å². The van der Waals surface area contributed by atoms with Gasteiger partial charge in [-0.1, -0.05) is 0 Å². The van der Waals surface area contributed by atoms with E-state index in [-0.39, 0.29) is 12.6 Å². The van der Waals surface area contributed by atoms with E-state index in [1.54, 1.807) is 6.20 Å². The van der Waals surface area contributed by atoms with E-state index in [4.69, 9.17) is 10.6 Å². The number of nitrogens with one attached hydrogen (secondary N) is 1. The summed E-state index contributed by atoms with van der Waals surface area (Å²) in [6.45, 7) is 2.45. The number of alkyl halides is 2. The van der Waals surface area contributed by atoms with Crippen LogP contribution in [-0.2, 0) is 11.3 Å². The zero-order chi connectivity index (χ0) is 12.7. The Labute approximate surface area is 98.9 Å². The molecule has 0 bridgehead atoms. The fraction of sp³-hybridized carbons (Fsp3) is 0.700. The minimum atomic E-state index is -2.43. The number of hydrogen-bond donors (Lipinski definition) is 2. The Kier molecular flexibility index (Phi) is 6.03. The molecular weight excluding hydrogens is 230 g/mol. The first kappa shape index (κ1) is 14.0. The van der Waals surface area contributed by atoms with Crippen LogP contribution in [-0.4, -0.2) is 29.2 Å². The summed E-state index contributed by atoms with van der Waals surface area (Å²) in [7, 11) is 0. The lowest BCUT2D eigenvalue weighted by molar-refractivity contribution is 0.0141. The lowest BCUT2D eigenvalue weighted by Crippen LogP contribution is -2.31. The van der Waals surface area contributed by atoms with E-state index in [9.17, 15) is 8.78 Å². The van der Waals surface area contributed by atoms with E-state index in [2.05, 4.69) is 10.4 Å². The maximum absolute atomic E-state index is 11.9. The molecule has 0 aliphatic carbocycles. The summed E-state index contributed by atoms with van der Waals surface area (Å²) in [5.74, 6) is 6.21. The van der Waals surface area contributed by atoms with Crippen LogP contribution in [0.25, 0.3) is 0 Å². The van der Waals surface area contributed by atoms with Crippen molar-refractivity contribution in [3.8, 4) is 0 Å². The number of aryl methyl sites for hydroxylation is 1. The zero-order valence-corrected chi connectivity index (χ0v) is 9.77. The average Bonchev–Trinajstić information content (AvgIpc) is 2.77. The Bertz CT molecular complexity index is 319. The predicted octanol–water partition coefficient (Wildman–Crippen LogP) is 1.08. The van der Waals surface area contributed by atoms with Gasteiger partial charge in [-0.3, -0.25) is 5.84 Å². The molecule has 3 N–H and O–H groups in total. The third-order valence-corrected chi connectivity index (χ3v) is 2.40. The molecule has 0 saturated heterocycles. The van der Waals surface area contributed by atoms with Crippen molar-refractivity contribution in [2.45, 2.75) is 32.4 Å². The molecule has 0 aliphatic heterocycles. The molecular formula is C10H18F2N4O. The summed E-state index contributed by atoms with van der Waals surface area (Å²) >= 11 is 0. The van der Waals surface area contributed by atoms with Crippen molar-refractivity contribution in [3.05, 3.63) is 18.2 Å². The summed E-state index contributed by atoms with van der Waals surface area (Å²) < 4.78 is 30.5. The molecule has 0 amide bonds. The molecule has 98 valence electrons. The SMILES string of the molecule is CCn1ccnc1C(CCOCC(F)F)NN. The number of nitrogens with two attached hydrogens (primary N) is 1. The minimum Gasteiger partial charge on any atom is -0.375 e. The van der Waals surface area contributed by atoms with Gasteiger partial charge >= 0.3 is 0 Å². The number of halogens is 2. The van der Waals surface area contributed by atoms with E-state index < -0.39 is 13.0 Å². The Hall–Kier alpha value is -1.05. The highest BCUT2D eigenvalue weighted by Gasteiger charge is 2.15. The van der Waals surface area contributed by atoms with Gasteiger partial charge in [0, 0.05) is 25.5 Å². The quantitative estimate of drug-likeness (QED) is 0.410. The number of imidazole rings is 1. The molecule has 1 aromatic rings. The molecule has 0 saturated carbocycles. The second kappa shape index (κ2) is 7.31. The highest BCUT2D eigenvalue weighted by atomic mass is 19.3. The average molecular weight is 248 g/mol. The van der Waals surface area contributed by atoms with Gasteiger partial charge in [0.05, 0.1) is 6.04 Å². The van der Waals surface area contributed by atoms with Gasteiger partial charge in [0.25, 0.3) is 6.43 Å². The van der Waals surface area contributed by atoms with E-state index in [1.807, 2.05) is 17.7 Å². The molecule has 7 heteroatoms. The topological polar surface area (TPSA) is 65.1 Å². The van der Waals surface area contributed by atoms with E-state index >= 15 is 0 Å². The van der Waals surface area contributed by atoms with Gasteiger partial charge in [-0.15, -0.1) is 0 Å². The molecule has 1 heterocycles. The second-order valence-corrected chi connectivity index (χ2v) is 3.55. The lowest BCUT2D eigenvalue weighted by atomic mass is 10.2. The first-order chi connectivity index (χ1) is 8.19. The van der Waals surface area contributed by atoms with Gasteiger partial charge in [0.1, 0.15) is 12.4 Å².